The van der Waals surface area contributed by atoms with Crippen LogP contribution in [0.1, 0.15) is 27.2 Å². The van der Waals surface area contributed by atoms with Gasteiger partial charge in [0.1, 0.15) is 5.83 Å². The van der Waals surface area contributed by atoms with E-state index < -0.39 is 0 Å². The lowest BCUT2D eigenvalue weighted by molar-refractivity contribution is 0.124. The van der Waals surface area contributed by atoms with Gasteiger partial charge in [-0.2, -0.15) is 0 Å². The van der Waals surface area contributed by atoms with E-state index in [1.54, 1.807) is 6.20 Å². The van der Waals surface area contributed by atoms with Crippen LogP contribution in [0, 0.1) is 0 Å². The van der Waals surface area contributed by atoms with E-state index in [9.17, 15) is 4.39 Å². The quantitative estimate of drug-likeness (QED) is 0.718. The minimum Gasteiger partial charge on any atom is -0.373 e. The SMILES string of the molecule is CCNCCC(C)N1CCN(/C=C(/C)F)CC1. The average molecular weight is 243 g/mol. The van der Waals surface area contributed by atoms with Gasteiger partial charge >= 0.3 is 0 Å². The first-order valence-corrected chi connectivity index (χ1v) is 6.66. The van der Waals surface area contributed by atoms with Crippen molar-refractivity contribution < 1.29 is 4.39 Å². The summed E-state index contributed by atoms with van der Waals surface area (Å²) in [5.41, 5.74) is 0. The number of allylic oxidation sites excluding steroid dienone is 1. The summed E-state index contributed by atoms with van der Waals surface area (Å²) >= 11 is 0. The highest BCUT2D eigenvalue weighted by Crippen LogP contribution is 2.10. The zero-order valence-electron chi connectivity index (χ0n) is 11.4. The van der Waals surface area contributed by atoms with E-state index in [1.807, 2.05) is 0 Å². The Balaban J connectivity index is 2.24. The number of piperazine rings is 1. The lowest BCUT2D eigenvalue weighted by Gasteiger charge is -2.37. The lowest BCUT2D eigenvalue weighted by atomic mass is 10.1. The fraction of sp³-hybridized carbons (Fsp3) is 0.846. The molecule has 1 saturated heterocycles. The van der Waals surface area contributed by atoms with Gasteiger partial charge in [0.25, 0.3) is 0 Å². The van der Waals surface area contributed by atoms with Crippen LogP contribution in [0.15, 0.2) is 12.0 Å². The molecule has 1 unspecified atom stereocenters. The van der Waals surface area contributed by atoms with Gasteiger partial charge in [-0.25, -0.2) is 4.39 Å². The van der Waals surface area contributed by atoms with Crippen molar-refractivity contribution in [1.82, 2.24) is 15.1 Å². The van der Waals surface area contributed by atoms with Crippen LogP contribution in [0.25, 0.3) is 0 Å². The largest absolute Gasteiger partial charge is 0.373 e. The Morgan fingerprint density at radius 3 is 2.53 bits per heavy atom. The van der Waals surface area contributed by atoms with E-state index in [4.69, 9.17) is 0 Å². The Bertz CT molecular complexity index is 231. The number of hydrogen-bond donors (Lipinski definition) is 1. The second-order valence-electron chi connectivity index (χ2n) is 4.78. The smallest absolute Gasteiger partial charge is 0.113 e. The molecule has 0 amide bonds. The maximum atomic E-state index is 12.7. The highest BCUT2D eigenvalue weighted by molar-refractivity contribution is 4.90. The van der Waals surface area contributed by atoms with Crippen LogP contribution in [0.5, 0.6) is 0 Å². The van der Waals surface area contributed by atoms with Crippen molar-refractivity contribution in [1.29, 1.82) is 0 Å². The first-order chi connectivity index (χ1) is 8.13. The van der Waals surface area contributed by atoms with Gasteiger partial charge in [-0.15, -0.1) is 0 Å². The van der Waals surface area contributed by atoms with Gasteiger partial charge in [0.2, 0.25) is 0 Å². The summed E-state index contributed by atoms with van der Waals surface area (Å²) in [5, 5.41) is 3.36. The normalized spacial score (nSPS) is 20.7. The number of nitrogens with one attached hydrogen (secondary N) is 1. The predicted octanol–water partition coefficient (Wildman–Crippen LogP) is 1.82. The Labute approximate surface area is 105 Å². The zero-order chi connectivity index (χ0) is 12.7. The van der Waals surface area contributed by atoms with Crippen molar-refractivity contribution >= 4 is 0 Å². The second kappa shape index (κ2) is 7.67. The molecule has 3 nitrogen and oxygen atoms in total. The number of halogens is 1. The molecular formula is C13H26FN3. The van der Waals surface area contributed by atoms with E-state index in [0.29, 0.717) is 6.04 Å². The van der Waals surface area contributed by atoms with Crippen molar-refractivity contribution in [3.63, 3.8) is 0 Å². The van der Waals surface area contributed by atoms with Gasteiger partial charge in [0, 0.05) is 38.4 Å². The molecule has 1 atom stereocenters. The van der Waals surface area contributed by atoms with E-state index in [1.165, 1.54) is 13.3 Å². The van der Waals surface area contributed by atoms with Gasteiger partial charge in [-0.05, 0) is 33.4 Å². The first-order valence-electron chi connectivity index (χ1n) is 6.66. The van der Waals surface area contributed by atoms with Crippen molar-refractivity contribution in [2.45, 2.75) is 33.2 Å². The van der Waals surface area contributed by atoms with Crippen LogP contribution in [0.4, 0.5) is 4.39 Å². The summed E-state index contributed by atoms with van der Waals surface area (Å²) in [6, 6.07) is 0.617. The highest BCUT2D eigenvalue weighted by Gasteiger charge is 2.19. The van der Waals surface area contributed by atoms with Crippen LogP contribution in [-0.2, 0) is 0 Å². The molecule has 0 bridgehead atoms. The molecule has 0 saturated carbocycles. The molecule has 0 aliphatic carbocycles. The molecule has 0 spiro atoms. The molecule has 4 heteroatoms. The first kappa shape index (κ1) is 14.5. The van der Waals surface area contributed by atoms with Crippen molar-refractivity contribution in [3.8, 4) is 0 Å². The third kappa shape index (κ3) is 5.50. The summed E-state index contributed by atoms with van der Waals surface area (Å²) in [6.45, 7) is 12.0. The minimum absolute atomic E-state index is 0.0985. The average Bonchev–Trinajstić information content (AvgIpc) is 2.29. The molecule has 1 aliphatic heterocycles. The highest BCUT2D eigenvalue weighted by atomic mass is 19.1. The molecule has 0 aromatic heterocycles. The molecule has 1 N–H and O–H groups in total. The fourth-order valence-electron chi connectivity index (χ4n) is 2.23. The molecular weight excluding hydrogens is 217 g/mol. The van der Waals surface area contributed by atoms with Crippen molar-refractivity contribution in [2.75, 3.05) is 39.3 Å². The fourth-order valence-corrected chi connectivity index (χ4v) is 2.23. The van der Waals surface area contributed by atoms with Crippen molar-refractivity contribution in [3.05, 3.63) is 12.0 Å². The van der Waals surface area contributed by atoms with Crippen LogP contribution in [0.3, 0.4) is 0 Å². The third-order valence-corrected chi connectivity index (χ3v) is 3.32. The Hall–Kier alpha value is -0.610. The Kier molecular flexibility index (Phi) is 6.52. The van der Waals surface area contributed by atoms with E-state index in [0.717, 1.165) is 39.3 Å². The van der Waals surface area contributed by atoms with Gasteiger partial charge in [-0.3, -0.25) is 4.90 Å². The molecule has 100 valence electrons. The molecule has 1 aliphatic rings. The Morgan fingerprint density at radius 2 is 2.00 bits per heavy atom. The Morgan fingerprint density at radius 1 is 1.35 bits per heavy atom. The molecule has 1 rings (SSSR count). The number of hydrogen-bond acceptors (Lipinski definition) is 3. The topological polar surface area (TPSA) is 18.5 Å². The summed E-state index contributed by atoms with van der Waals surface area (Å²) in [4.78, 5) is 4.57. The third-order valence-electron chi connectivity index (χ3n) is 3.32. The van der Waals surface area contributed by atoms with Gasteiger partial charge in [0.05, 0.1) is 0 Å². The van der Waals surface area contributed by atoms with Gasteiger partial charge < -0.3 is 10.2 Å². The molecule has 0 aromatic carbocycles. The lowest BCUT2D eigenvalue weighted by Crippen LogP contribution is -2.48. The van der Waals surface area contributed by atoms with E-state index in [2.05, 4.69) is 29.0 Å². The van der Waals surface area contributed by atoms with Crippen LogP contribution in [0.2, 0.25) is 0 Å². The molecule has 1 fully saturated rings. The molecule has 1 heterocycles. The standard InChI is InChI=1S/C13H26FN3/c1-4-15-6-5-13(3)17-9-7-16(8-10-17)11-12(2)14/h11,13,15H,4-10H2,1-3H3/b12-11-. The molecule has 17 heavy (non-hydrogen) atoms. The predicted molar refractivity (Wildman–Crippen MR) is 70.6 cm³/mol. The van der Waals surface area contributed by atoms with Gasteiger partial charge in [0.15, 0.2) is 0 Å². The van der Waals surface area contributed by atoms with Crippen molar-refractivity contribution in [2.24, 2.45) is 0 Å². The number of rotatable bonds is 6. The monoisotopic (exact) mass is 243 g/mol. The maximum Gasteiger partial charge on any atom is 0.113 e. The summed E-state index contributed by atoms with van der Waals surface area (Å²) in [5.74, 6) is -0.0985. The van der Waals surface area contributed by atoms with Gasteiger partial charge in [-0.1, -0.05) is 6.92 Å². The van der Waals surface area contributed by atoms with Crippen LogP contribution >= 0.6 is 0 Å². The summed E-state index contributed by atoms with van der Waals surface area (Å²) < 4.78 is 12.7. The maximum absolute atomic E-state index is 12.7. The van der Waals surface area contributed by atoms with Crippen LogP contribution < -0.4 is 5.32 Å². The van der Waals surface area contributed by atoms with Crippen LogP contribution in [-0.4, -0.2) is 55.1 Å². The molecule has 0 radical (unpaired) electrons. The van der Waals surface area contributed by atoms with E-state index in [-0.39, 0.29) is 5.83 Å². The summed E-state index contributed by atoms with van der Waals surface area (Å²) in [7, 11) is 0. The zero-order valence-corrected chi connectivity index (χ0v) is 11.4. The summed E-state index contributed by atoms with van der Waals surface area (Å²) in [6.07, 6.45) is 2.81. The molecule has 0 aromatic rings. The minimum atomic E-state index is -0.0985. The number of nitrogens with zero attached hydrogens (tertiary/aromatic N) is 2. The van der Waals surface area contributed by atoms with E-state index >= 15 is 0 Å². The second-order valence-corrected chi connectivity index (χ2v) is 4.78.